The Kier molecular flexibility index (Phi) is 7.03. The molecule has 7 nitrogen and oxygen atoms in total. The quantitative estimate of drug-likeness (QED) is 0.754. The summed E-state index contributed by atoms with van der Waals surface area (Å²) in [4.78, 5) is 24.1. The molecule has 0 aliphatic heterocycles. The van der Waals surface area contributed by atoms with E-state index in [1.54, 1.807) is 13.8 Å². The lowest BCUT2D eigenvalue weighted by molar-refractivity contribution is -0.115. The lowest BCUT2D eigenvalue weighted by atomic mass is 10.1. The zero-order chi connectivity index (χ0) is 19.1. The first-order chi connectivity index (χ1) is 12.4. The molecule has 1 aromatic carbocycles. The molecule has 2 rings (SSSR count). The van der Waals surface area contributed by atoms with Gasteiger partial charge in [-0.05, 0) is 33.3 Å². The third kappa shape index (κ3) is 6.40. The number of ether oxygens (including phenoxy) is 1. The Bertz CT molecular complexity index is 743. The molecule has 1 atom stereocenters. The lowest BCUT2D eigenvalue weighted by Crippen LogP contribution is -2.24. The number of rotatable bonds is 8. The van der Waals surface area contributed by atoms with Crippen LogP contribution in [0.5, 0.6) is 0 Å². The number of nitrogens with zero attached hydrogens (tertiary/aromatic N) is 3. The number of carbonyl (C=O) groups excluding carboxylic acids is 1. The maximum atomic E-state index is 11.5. The average molecular weight is 357 g/mol. The van der Waals surface area contributed by atoms with Gasteiger partial charge in [0.1, 0.15) is 5.82 Å². The molecule has 1 aromatic heterocycles. The fraction of sp³-hybridized carbons (Fsp3) is 0.474. The van der Waals surface area contributed by atoms with Crippen LogP contribution in [-0.2, 0) is 16.1 Å². The van der Waals surface area contributed by atoms with Gasteiger partial charge in [0.05, 0.1) is 13.2 Å². The number of aromatic nitrogens is 3. The van der Waals surface area contributed by atoms with Gasteiger partial charge in [-0.3, -0.25) is 10.1 Å². The minimum atomic E-state index is -0.133. The van der Waals surface area contributed by atoms with Crippen LogP contribution in [0.25, 0.3) is 0 Å². The number of benzene rings is 1. The number of aryl methyl sites for hydroxylation is 3. The van der Waals surface area contributed by atoms with Crippen molar-refractivity contribution in [3.63, 3.8) is 0 Å². The van der Waals surface area contributed by atoms with Crippen LogP contribution in [0.2, 0.25) is 0 Å². The molecule has 2 N–H and O–H groups in total. The number of amides is 1. The normalized spacial score (nSPS) is 11.9. The van der Waals surface area contributed by atoms with Gasteiger partial charge < -0.3 is 10.1 Å². The zero-order valence-electron chi connectivity index (χ0n) is 16.1. The lowest BCUT2D eigenvalue weighted by Gasteiger charge is -2.15. The van der Waals surface area contributed by atoms with Crippen molar-refractivity contribution >= 4 is 17.8 Å². The van der Waals surface area contributed by atoms with Gasteiger partial charge in [-0.15, -0.1) is 0 Å². The number of carbonyl (C=O) groups is 1. The molecule has 1 unspecified atom stereocenters. The maximum Gasteiger partial charge on any atom is 0.234 e. The van der Waals surface area contributed by atoms with Crippen molar-refractivity contribution in [1.29, 1.82) is 0 Å². The summed E-state index contributed by atoms with van der Waals surface area (Å²) in [5, 5.41) is 5.83. The van der Waals surface area contributed by atoms with E-state index in [1.807, 2.05) is 6.92 Å². The highest BCUT2D eigenvalue weighted by Crippen LogP contribution is 2.11. The fourth-order valence-corrected chi connectivity index (χ4v) is 2.58. The Balaban J connectivity index is 1.88. The predicted molar refractivity (Wildman–Crippen MR) is 102 cm³/mol. The predicted octanol–water partition coefficient (Wildman–Crippen LogP) is 3.16. The summed E-state index contributed by atoms with van der Waals surface area (Å²) in [6, 6.07) is 6.41. The van der Waals surface area contributed by atoms with E-state index >= 15 is 0 Å². The van der Waals surface area contributed by atoms with E-state index in [4.69, 9.17) is 4.74 Å². The number of hydrogen-bond donors (Lipinski definition) is 2. The molecule has 0 bridgehead atoms. The van der Waals surface area contributed by atoms with Gasteiger partial charge >= 0.3 is 0 Å². The van der Waals surface area contributed by atoms with Crippen LogP contribution in [0, 0.1) is 20.8 Å². The summed E-state index contributed by atoms with van der Waals surface area (Å²) in [6.07, 6.45) is 0.371. The molecule has 0 saturated carbocycles. The Morgan fingerprint density at radius 1 is 1.08 bits per heavy atom. The Hall–Kier alpha value is -2.54. The van der Waals surface area contributed by atoms with Crippen molar-refractivity contribution in [3.05, 3.63) is 40.7 Å². The second-order valence-electron chi connectivity index (χ2n) is 6.49. The van der Waals surface area contributed by atoms with Gasteiger partial charge in [-0.1, -0.05) is 36.2 Å². The van der Waals surface area contributed by atoms with Gasteiger partial charge in [-0.25, -0.2) is 0 Å². The zero-order valence-corrected chi connectivity index (χ0v) is 16.1. The van der Waals surface area contributed by atoms with Crippen molar-refractivity contribution in [2.24, 2.45) is 0 Å². The van der Waals surface area contributed by atoms with Crippen LogP contribution in [0.15, 0.2) is 18.2 Å². The molecule has 2 aromatic rings. The Morgan fingerprint density at radius 2 is 1.73 bits per heavy atom. The molecule has 0 spiro atoms. The standard InChI is InChI=1S/C19H27N5O2/c1-6-17(25)23-19-22-15(5)21-18(24-19)20-14(4)10-26-11-16-8-12(2)7-13(3)9-16/h7-9,14H,6,10-11H2,1-5H3,(H2,20,21,22,23,24,25). The van der Waals surface area contributed by atoms with Crippen molar-refractivity contribution in [2.45, 2.75) is 53.7 Å². The van der Waals surface area contributed by atoms with Crippen molar-refractivity contribution in [3.8, 4) is 0 Å². The van der Waals surface area contributed by atoms with Crippen LogP contribution in [0.3, 0.4) is 0 Å². The van der Waals surface area contributed by atoms with Crippen LogP contribution in [-0.4, -0.2) is 33.5 Å². The third-order valence-electron chi connectivity index (χ3n) is 3.61. The monoisotopic (exact) mass is 357 g/mol. The first kappa shape index (κ1) is 19.8. The fourth-order valence-electron chi connectivity index (χ4n) is 2.58. The number of hydrogen-bond acceptors (Lipinski definition) is 6. The molecule has 1 heterocycles. The Labute approximate surface area is 154 Å². The van der Waals surface area contributed by atoms with Gasteiger partial charge in [0.2, 0.25) is 17.8 Å². The smallest absolute Gasteiger partial charge is 0.234 e. The minimum absolute atomic E-state index is 0.0115. The summed E-state index contributed by atoms with van der Waals surface area (Å²) in [5.41, 5.74) is 3.63. The second kappa shape index (κ2) is 9.24. The highest BCUT2D eigenvalue weighted by Gasteiger charge is 2.09. The number of anilines is 2. The third-order valence-corrected chi connectivity index (χ3v) is 3.61. The second-order valence-corrected chi connectivity index (χ2v) is 6.49. The van der Waals surface area contributed by atoms with Crippen LogP contribution in [0.1, 0.15) is 42.8 Å². The first-order valence-electron chi connectivity index (χ1n) is 8.79. The minimum Gasteiger partial charge on any atom is -0.375 e. The van der Waals surface area contributed by atoms with E-state index in [1.165, 1.54) is 11.1 Å². The molecule has 0 aliphatic rings. The summed E-state index contributed by atoms with van der Waals surface area (Å²) in [7, 11) is 0. The molecule has 1 amide bonds. The van der Waals surface area contributed by atoms with Crippen LogP contribution < -0.4 is 10.6 Å². The summed E-state index contributed by atoms with van der Waals surface area (Å²) in [6.45, 7) is 10.8. The summed E-state index contributed by atoms with van der Waals surface area (Å²) in [5.74, 6) is 1.09. The molecular weight excluding hydrogens is 330 g/mol. The van der Waals surface area contributed by atoms with Gasteiger partial charge in [0.15, 0.2) is 0 Å². The van der Waals surface area contributed by atoms with E-state index in [9.17, 15) is 4.79 Å². The molecule has 0 fully saturated rings. The molecular formula is C19H27N5O2. The molecule has 26 heavy (non-hydrogen) atoms. The van der Waals surface area contributed by atoms with Crippen molar-refractivity contribution in [1.82, 2.24) is 15.0 Å². The summed E-state index contributed by atoms with van der Waals surface area (Å²) >= 11 is 0. The maximum absolute atomic E-state index is 11.5. The van der Waals surface area contributed by atoms with Crippen molar-refractivity contribution < 1.29 is 9.53 Å². The highest BCUT2D eigenvalue weighted by molar-refractivity contribution is 5.88. The van der Waals surface area contributed by atoms with E-state index in [-0.39, 0.29) is 17.9 Å². The SMILES string of the molecule is CCC(=O)Nc1nc(C)nc(NC(C)COCc2cc(C)cc(C)c2)n1. The topological polar surface area (TPSA) is 89.0 Å². The van der Waals surface area contributed by atoms with Crippen LogP contribution in [0.4, 0.5) is 11.9 Å². The van der Waals surface area contributed by atoms with Crippen molar-refractivity contribution in [2.75, 3.05) is 17.2 Å². The molecule has 140 valence electrons. The van der Waals surface area contributed by atoms with Gasteiger partial charge in [0, 0.05) is 12.5 Å². The molecule has 0 saturated heterocycles. The number of nitrogens with one attached hydrogen (secondary N) is 2. The van der Waals surface area contributed by atoms with Gasteiger partial charge in [-0.2, -0.15) is 15.0 Å². The Morgan fingerprint density at radius 3 is 2.38 bits per heavy atom. The van der Waals surface area contributed by atoms with E-state index in [0.717, 1.165) is 5.56 Å². The molecule has 7 heteroatoms. The average Bonchev–Trinajstić information content (AvgIpc) is 2.53. The van der Waals surface area contributed by atoms with E-state index < -0.39 is 0 Å². The first-order valence-corrected chi connectivity index (χ1v) is 8.79. The summed E-state index contributed by atoms with van der Waals surface area (Å²) < 4.78 is 5.80. The molecule has 0 radical (unpaired) electrons. The van der Waals surface area contributed by atoms with Gasteiger partial charge in [0.25, 0.3) is 0 Å². The highest BCUT2D eigenvalue weighted by atomic mass is 16.5. The van der Waals surface area contributed by atoms with E-state index in [0.29, 0.717) is 31.4 Å². The van der Waals surface area contributed by atoms with Crippen LogP contribution >= 0.6 is 0 Å². The molecule has 0 aliphatic carbocycles. The van der Waals surface area contributed by atoms with E-state index in [2.05, 4.69) is 57.6 Å². The largest absolute Gasteiger partial charge is 0.375 e.